The van der Waals surface area contributed by atoms with Gasteiger partial charge < -0.3 is 13.3 Å². The van der Waals surface area contributed by atoms with E-state index in [1.54, 1.807) is 6.07 Å². The van der Waals surface area contributed by atoms with Crippen molar-refractivity contribution in [2.45, 2.75) is 59.6 Å². The zero-order valence-electron chi connectivity index (χ0n) is 19.9. The maximum Gasteiger partial charge on any atom is 0.0355 e. The molecule has 0 bridgehead atoms. The number of nitro groups is 1. The van der Waals surface area contributed by atoms with Gasteiger partial charge in [-0.15, -0.1) is 0 Å². The molecule has 1 rings (SSSR count). The van der Waals surface area contributed by atoms with Crippen LogP contribution in [0, 0.1) is 10.1 Å². The second-order valence-electron chi connectivity index (χ2n) is 6.94. The third-order valence-corrected chi connectivity index (χ3v) is 10.00. The second kappa shape index (κ2) is 15.1. The average Bonchev–Trinajstić information content (AvgIpc) is 2.77. The summed E-state index contributed by atoms with van der Waals surface area (Å²) < 4.78 is 35.0. The van der Waals surface area contributed by atoms with Crippen LogP contribution in [0.15, 0.2) is 12.1 Å². The molecule has 0 saturated heterocycles. The third kappa shape index (κ3) is 8.79. The zero-order valence-corrected chi connectivity index (χ0v) is 27.3. The molecule has 0 radical (unpaired) electrons. The second-order valence-corrected chi connectivity index (χ2v) is 12.9. The van der Waals surface area contributed by atoms with Crippen molar-refractivity contribution in [3.8, 4) is 11.5 Å². The molecule has 32 heavy (non-hydrogen) atoms. The van der Waals surface area contributed by atoms with E-state index in [2.05, 4.69) is 0 Å². The Hall–Kier alpha value is -2.72. The zero-order chi connectivity index (χ0) is 23.8. The fourth-order valence-electron chi connectivity index (χ4n) is 3.16. The average molecular weight is 726 g/mol. The summed E-state index contributed by atoms with van der Waals surface area (Å²) in [6, 6.07) is 3.78. The molecule has 0 heterocycles. The van der Waals surface area contributed by atoms with E-state index in [-0.39, 0.29) is 12.3 Å². The van der Waals surface area contributed by atoms with Crippen molar-refractivity contribution in [1.29, 1.82) is 0 Å². The van der Waals surface area contributed by atoms with Crippen molar-refractivity contribution in [2.75, 3.05) is 40.1 Å². The Morgan fingerprint density at radius 2 is 1.62 bits per heavy atom. The van der Waals surface area contributed by atoms with Gasteiger partial charge >= 0.3 is 120 Å². The Kier molecular flexibility index (Phi) is 12.9. The molecule has 0 aliphatic heterocycles. The quantitative estimate of drug-likeness (QED) is 0.0879. The predicted molar refractivity (Wildman–Crippen MR) is 119 cm³/mol. The summed E-state index contributed by atoms with van der Waals surface area (Å²) in [7, 11) is -1.12. The van der Waals surface area contributed by atoms with E-state index in [4.69, 9.17) is 27.5 Å². The van der Waals surface area contributed by atoms with Gasteiger partial charge in [0.1, 0.15) is 0 Å². The molecule has 0 atom stereocenters. The third-order valence-electron chi connectivity index (χ3n) is 4.59. The van der Waals surface area contributed by atoms with E-state index < -0.39 is 13.7 Å². The smallest absolute Gasteiger partial charge is 0.0355 e. The van der Waals surface area contributed by atoms with Gasteiger partial charge in [0.15, 0.2) is 0 Å². The normalized spacial score (nSPS) is 11.6. The van der Waals surface area contributed by atoms with Crippen molar-refractivity contribution < 1.29 is 32.4 Å². The minimum atomic E-state index is -2.65. The molecule has 11 heteroatoms. The molecule has 1 aromatic carbocycles. The van der Waals surface area contributed by atoms with E-state index >= 15 is 0 Å². The van der Waals surface area contributed by atoms with Crippen LogP contribution in [0.1, 0.15) is 45.6 Å². The molecule has 1 aromatic rings. The fraction of sp³-hybridized carbons (Fsp3) is 0.714. The number of hydrogen-bond donors (Lipinski definition) is 0. The monoisotopic (exact) mass is 725 g/mol. The topological polar surface area (TPSA) is 98.5 Å². The summed E-state index contributed by atoms with van der Waals surface area (Å²) in [4.78, 5) is 11.1. The molecule has 0 aliphatic carbocycles. The molecule has 0 aliphatic rings. The van der Waals surface area contributed by atoms with Crippen molar-refractivity contribution >= 4 is 14.5 Å². The Bertz CT molecular complexity index is 662. The van der Waals surface area contributed by atoms with Crippen LogP contribution in [0.5, 0.6) is 11.5 Å². The molecule has 0 fully saturated rings. The van der Waals surface area contributed by atoms with Gasteiger partial charge in [0.25, 0.3) is 0 Å². The number of ether oxygens (including phenoxy) is 3. The molecule has 9 nitrogen and oxygen atoms in total. The summed E-state index contributed by atoms with van der Waals surface area (Å²) >= 11 is 0. The predicted octanol–water partition coefficient (Wildman–Crippen LogP) is 4.69. The molecular weight excluding hydrogens is 689 g/mol. The summed E-state index contributed by atoms with van der Waals surface area (Å²) in [6.45, 7) is 9.77. The van der Waals surface area contributed by atoms with Gasteiger partial charge in [-0.05, 0) is 27.2 Å². The van der Waals surface area contributed by atoms with E-state index in [0.717, 1.165) is 19.3 Å². The first-order valence-electron chi connectivity index (χ1n) is 11.2. The summed E-state index contributed by atoms with van der Waals surface area (Å²) in [5, 5.41) is 11.6. The van der Waals surface area contributed by atoms with Crippen LogP contribution in [-0.2, 0) is 24.6 Å². The number of nitrogens with zero attached hydrogens (tertiary/aromatic N) is 1. The van der Waals surface area contributed by atoms with Gasteiger partial charge in [-0.25, -0.2) is 0 Å². The van der Waals surface area contributed by atoms with Crippen LogP contribution in [0.4, 0.5) is 5.69 Å². The van der Waals surface area contributed by atoms with E-state index in [9.17, 15) is 10.1 Å². The number of benzene rings is 1. The first kappa shape index (κ1) is 27.3. The molecule has 179 valence electrons. The number of unbranched alkanes of at least 4 members (excludes halogenated alkanes) is 1. The standard InChI is InChI=1S/C21H36NO8Si.Rf/c1-6-12-27-21-16-19(22(23)24)18(15-20(21)25-5)17-26-13-10-11-14-31(28-7-2,29-8-3)30-9-4;/h15-16H,1,6-14,17H2,2-5H3;. The minimum absolute atomic E-state index is 0.0214. The van der Waals surface area contributed by atoms with Gasteiger partial charge in [-0.2, -0.15) is 0 Å². The SMILES string of the molecule is CCO[Si](CCCCOCc1cc(OC)c(OCC[CH2][Rf])cc1[N+](=O)[O-])(OCC)OCC. The van der Waals surface area contributed by atoms with Crippen molar-refractivity contribution in [3.05, 3.63) is 27.8 Å². The van der Waals surface area contributed by atoms with Crippen LogP contribution in [0.3, 0.4) is 0 Å². The van der Waals surface area contributed by atoms with Crippen molar-refractivity contribution in [3.63, 3.8) is 0 Å². The Morgan fingerprint density at radius 3 is 2.16 bits per heavy atom. The summed E-state index contributed by atoms with van der Waals surface area (Å²) in [6.07, 6.45) is 2.56. The van der Waals surface area contributed by atoms with Crippen molar-refractivity contribution in [2.24, 2.45) is 0 Å². The van der Waals surface area contributed by atoms with Gasteiger partial charge in [-0.1, -0.05) is 0 Å². The molecule has 0 saturated carbocycles. The van der Waals surface area contributed by atoms with Crippen LogP contribution in [-0.4, -0.2) is 53.9 Å². The maximum absolute atomic E-state index is 11.6. The van der Waals surface area contributed by atoms with E-state index in [1.165, 1.54) is 20.1 Å². The van der Waals surface area contributed by atoms with E-state index in [1.807, 2.05) is 20.8 Å². The largest absolute Gasteiger partial charge is 0.374 e. The van der Waals surface area contributed by atoms with E-state index in [0.29, 0.717) is 56.1 Å². The van der Waals surface area contributed by atoms with Crippen LogP contribution >= 0.6 is 0 Å². The van der Waals surface area contributed by atoms with Crippen LogP contribution < -0.4 is 9.47 Å². The molecular formula is C21H36NO8RfSi. The Morgan fingerprint density at radius 1 is 0.969 bits per heavy atom. The first-order chi connectivity index (χ1) is 15.5. The first-order valence-corrected chi connectivity index (χ1v) is 17.7. The number of methoxy groups -OCH3 is 1. The van der Waals surface area contributed by atoms with Crippen molar-refractivity contribution in [1.82, 2.24) is 0 Å². The van der Waals surface area contributed by atoms with Gasteiger partial charge in [0.2, 0.25) is 0 Å². The Balaban J connectivity index is 2.66. The number of rotatable bonds is 19. The molecule has 0 aromatic heterocycles. The molecule has 0 N–H and O–H groups in total. The summed E-state index contributed by atoms with van der Waals surface area (Å²) in [5.41, 5.74) is 0.444. The minimum Gasteiger partial charge on any atom is -0.374 e. The fourth-order valence-corrected chi connectivity index (χ4v) is 6.77. The van der Waals surface area contributed by atoms with Gasteiger partial charge in [0.05, 0.1) is 0 Å². The van der Waals surface area contributed by atoms with Crippen LogP contribution in [0.2, 0.25) is 13.0 Å². The molecule has 0 unspecified atom stereocenters. The Labute approximate surface area is 186 Å². The van der Waals surface area contributed by atoms with Crippen LogP contribution in [0.25, 0.3) is 0 Å². The van der Waals surface area contributed by atoms with Gasteiger partial charge in [0, 0.05) is 25.9 Å². The number of hydrogen-bond acceptors (Lipinski definition) is 8. The molecule has 0 amide bonds. The summed E-state index contributed by atoms with van der Waals surface area (Å²) in [5.74, 6) is 0.880. The number of nitro benzene ring substituents is 1. The molecule has 0 spiro atoms. The van der Waals surface area contributed by atoms with Gasteiger partial charge in [-0.3, -0.25) is 0 Å². The maximum atomic E-state index is 11.6.